The van der Waals surface area contributed by atoms with E-state index in [1.54, 1.807) is 12.1 Å². The smallest absolute Gasteiger partial charge is 0.123 e. The number of hydrogen-bond donors (Lipinski definition) is 1. The van der Waals surface area contributed by atoms with Crippen LogP contribution >= 0.6 is 15.9 Å². The first kappa shape index (κ1) is 13.0. The van der Waals surface area contributed by atoms with Crippen LogP contribution in [0.5, 0.6) is 0 Å². The first-order chi connectivity index (χ1) is 8.13. The van der Waals surface area contributed by atoms with E-state index in [1.807, 2.05) is 0 Å². The Balaban J connectivity index is 2.32. The predicted octanol–water partition coefficient (Wildman–Crippen LogP) is 3.07. The lowest BCUT2D eigenvalue weighted by Gasteiger charge is -2.27. The molecular weight excluding hydrogens is 283 g/mol. The number of hydrogen-bond acceptors (Lipinski definition) is 2. The van der Waals surface area contributed by atoms with Crippen molar-refractivity contribution in [3.8, 4) is 0 Å². The van der Waals surface area contributed by atoms with Gasteiger partial charge in [0.2, 0.25) is 0 Å². The first-order valence-electron chi connectivity index (χ1n) is 6.08. The molecule has 1 aliphatic heterocycles. The molecule has 1 heterocycles. The normalized spacial score (nSPS) is 25.4. The molecule has 0 amide bonds. The molecule has 0 saturated carbocycles. The van der Waals surface area contributed by atoms with Crippen molar-refractivity contribution in [1.29, 1.82) is 0 Å². The van der Waals surface area contributed by atoms with Crippen LogP contribution in [0.15, 0.2) is 22.7 Å². The second-order valence-corrected chi connectivity index (χ2v) is 5.45. The summed E-state index contributed by atoms with van der Waals surface area (Å²) in [4.78, 5) is 2.35. The Hall–Kier alpha value is -0.450. The van der Waals surface area contributed by atoms with Crippen LogP contribution in [-0.4, -0.2) is 24.0 Å². The van der Waals surface area contributed by atoms with Crippen LogP contribution in [0.4, 0.5) is 4.39 Å². The summed E-state index contributed by atoms with van der Waals surface area (Å²) in [5, 5.41) is 0. The Morgan fingerprint density at radius 3 is 3.00 bits per heavy atom. The van der Waals surface area contributed by atoms with Crippen LogP contribution in [-0.2, 0) is 0 Å². The minimum absolute atomic E-state index is 0.0969. The molecule has 0 aromatic heterocycles. The van der Waals surface area contributed by atoms with Crippen molar-refractivity contribution in [2.75, 3.05) is 13.1 Å². The second-order valence-electron chi connectivity index (χ2n) is 4.60. The van der Waals surface area contributed by atoms with E-state index in [9.17, 15) is 4.39 Å². The molecule has 0 aliphatic carbocycles. The maximum absolute atomic E-state index is 13.4. The van der Waals surface area contributed by atoms with Gasteiger partial charge in [0.15, 0.2) is 0 Å². The second kappa shape index (κ2) is 5.46. The number of rotatable bonds is 3. The standard InChI is InChI=1S/C13H18BrFN2/c1-2-6-17-7-5-12(16)13(17)10-8-9(15)3-4-11(10)14/h3-4,8,12-13H,2,5-7,16H2,1H3. The van der Waals surface area contributed by atoms with Crippen LogP contribution < -0.4 is 5.73 Å². The maximum Gasteiger partial charge on any atom is 0.123 e. The lowest BCUT2D eigenvalue weighted by atomic mass is 10.0. The number of benzene rings is 1. The predicted molar refractivity (Wildman–Crippen MR) is 71.3 cm³/mol. The Morgan fingerprint density at radius 2 is 2.29 bits per heavy atom. The average Bonchev–Trinajstić information content (AvgIpc) is 2.64. The van der Waals surface area contributed by atoms with Gasteiger partial charge in [0.05, 0.1) is 6.04 Å². The highest BCUT2D eigenvalue weighted by Crippen LogP contribution is 2.35. The van der Waals surface area contributed by atoms with E-state index < -0.39 is 0 Å². The molecule has 1 aromatic carbocycles. The minimum atomic E-state index is -0.196. The van der Waals surface area contributed by atoms with E-state index in [0.717, 1.165) is 36.0 Å². The van der Waals surface area contributed by atoms with E-state index in [4.69, 9.17) is 5.73 Å². The molecule has 2 atom stereocenters. The summed E-state index contributed by atoms with van der Waals surface area (Å²) in [5.74, 6) is -0.196. The van der Waals surface area contributed by atoms with Gasteiger partial charge in [0, 0.05) is 17.1 Å². The molecule has 2 unspecified atom stereocenters. The number of likely N-dealkylation sites (tertiary alicyclic amines) is 1. The van der Waals surface area contributed by atoms with Crippen LogP contribution in [0.25, 0.3) is 0 Å². The molecule has 2 nitrogen and oxygen atoms in total. The van der Waals surface area contributed by atoms with Gasteiger partial charge in [-0.1, -0.05) is 22.9 Å². The lowest BCUT2D eigenvalue weighted by molar-refractivity contribution is 0.247. The third-order valence-corrected chi connectivity index (χ3v) is 4.06. The van der Waals surface area contributed by atoms with Crippen molar-refractivity contribution in [3.05, 3.63) is 34.1 Å². The summed E-state index contributed by atoms with van der Waals surface area (Å²) in [6, 6.07) is 5.07. The SMILES string of the molecule is CCCN1CCC(N)C1c1cc(F)ccc1Br. The topological polar surface area (TPSA) is 29.3 Å². The van der Waals surface area contributed by atoms with E-state index in [1.165, 1.54) is 6.07 Å². The van der Waals surface area contributed by atoms with Crippen molar-refractivity contribution < 1.29 is 4.39 Å². The van der Waals surface area contributed by atoms with Gasteiger partial charge in [-0.25, -0.2) is 4.39 Å². The zero-order chi connectivity index (χ0) is 12.4. The number of nitrogens with two attached hydrogens (primary N) is 1. The van der Waals surface area contributed by atoms with Gasteiger partial charge >= 0.3 is 0 Å². The molecule has 17 heavy (non-hydrogen) atoms. The lowest BCUT2D eigenvalue weighted by Crippen LogP contribution is -2.32. The molecule has 4 heteroatoms. The molecule has 2 rings (SSSR count). The summed E-state index contributed by atoms with van der Waals surface area (Å²) in [7, 11) is 0. The van der Waals surface area contributed by atoms with Crippen molar-refractivity contribution in [2.45, 2.75) is 31.8 Å². The van der Waals surface area contributed by atoms with Gasteiger partial charge in [0.1, 0.15) is 5.82 Å². The molecule has 1 saturated heterocycles. The van der Waals surface area contributed by atoms with Crippen molar-refractivity contribution in [3.63, 3.8) is 0 Å². The zero-order valence-electron chi connectivity index (χ0n) is 10.00. The van der Waals surface area contributed by atoms with Gasteiger partial charge in [-0.2, -0.15) is 0 Å². The van der Waals surface area contributed by atoms with Gasteiger partial charge in [-0.05, 0) is 43.1 Å². The summed E-state index contributed by atoms with van der Waals surface area (Å²) in [6.45, 7) is 4.17. The number of nitrogens with zero attached hydrogens (tertiary/aromatic N) is 1. The highest BCUT2D eigenvalue weighted by Gasteiger charge is 2.33. The maximum atomic E-state index is 13.4. The van der Waals surface area contributed by atoms with Crippen LogP contribution in [0.2, 0.25) is 0 Å². The molecule has 2 N–H and O–H groups in total. The zero-order valence-corrected chi connectivity index (χ0v) is 11.6. The fourth-order valence-electron chi connectivity index (χ4n) is 2.59. The fourth-order valence-corrected chi connectivity index (χ4v) is 3.07. The summed E-state index contributed by atoms with van der Waals surface area (Å²) >= 11 is 3.50. The Bertz CT molecular complexity index is 395. The van der Waals surface area contributed by atoms with E-state index in [0.29, 0.717) is 0 Å². The van der Waals surface area contributed by atoms with Crippen molar-refractivity contribution in [2.24, 2.45) is 5.73 Å². The quantitative estimate of drug-likeness (QED) is 0.929. The molecule has 1 fully saturated rings. The van der Waals surface area contributed by atoms with E-state index in [2.05, 4.69) is 27.8 Å². The molecule has 1 aromatic rings. The van der Waals surface area contributed by atoms with E-state index in [-0.39, 0.29) is 17.9 Å². The molecular formula is C13H18BrFN2. The van der Waals surface area contributed by atoms with Gasteiger partial charge in [-0.3, -0.25) is 4.90 Å². The fraction of sp³-hybridized carbons (Fsp3) is 0.538. The highest BCUT2D eigenvalue weighted by molar-refractivity contribution is 9.10. The summed E-state index contributed by atoms with van der Waals surface area (Å²) < 4.78 is 14.3. The van der Waals surface area contributed by atoms with Gasteiger partial charge in [-0.15, -0.1) is 0 Å². The molecule has 0 spiro atoms. The Labute approximate surface area is 110 Å². The van der Waals surface area contributed by atoms with Crippen LogP contribution in [0.3, 0.4) is 0 Å². The minimum Gasteiger partial charge on any atom is -0.326 e. The monoisotopic (exact) mass is 300 g/mol. The molecule has 0 radical (unpaired) electrons. The molecule has 1 aliphatic rings. The third kappa shape index (κ3) is 2.69. The average molecular weight is 301 g/mol. The third-order valence-electron chi connectivity index (χ3n) is 3.34. The Morgan fingerprint density at radius 1 is 1.53 bits per heavy atom. The van der Waals surface area contributed by atoms with Crippen LogP contribution in [0.1, 0.15) is 31.4 Å². The first-order valence-corrected chi connectivity index (χ1v) is 6.87. The molecule has 94 valence electrons. The van der Waals surface area contributed by atoms with Gasteiger partial charge < -0.3 is 5.73 Å². The number of halogens is 2. The van der Waals surface area contributed by atoms with Gasteiger partial charge in [0.25, 0.3) is 0 Å². The Kier molecular flexibility index (Phi) is 4.17. The summed E-state index contributed by atoms with van der Waals surface area (Å²) in [6.07, 6.45) is 2.07. The van der Waals surface area contributed by atoms with Crippen molar-refractivity contribution in [1.82, 2.24) is 4.90 Å². The largest absolute Gasteiger partial charge is 0.326 e. The van der Waals surface area contributed by atoms with Crippen molar-refractivity contribution >= 4 is 15.9 Å². The molecule has 0 bridgehead atoms. The van der Waals surface area contributed by atoms with Crippen LogP contribution in [0, 0.1) is 5.82 Å². The highest BCUT2D eigenvalue weighted by atomic mass is 79.9. The van der Waals surface area contributed by atoms with E-state index >= 15 is 0 Å². The summed E-state index contributed by atoms with van der Waals surface area (Å²) in [5.41, 5.74) is 7.14.